The van der Waals surface area contributed by atoms with Crippen LogP contribution in [0.25, 0.3) is 0 Å². The summed E-state index contributed by atoms with van der Waals surface area (Å²) in [6.07, 6.45) is -0.500. The van der Waals surface area contributed by atoms with Gasteiger partial charge in [-0.2, -0.15) is 5.26 Å². The molecule has 0 radical (unpaired) electrons. The van der Waals surface area contributed by atoms with Gasteiger partial charge in [-0.05, 0) is 23.3 Å². The van der Waals surface area contributed by atoms with Gasteiger partial charge in [0.15, 0.2) is 11.2 Å². The molecule has 0 amide bonds. The number of rotatable bonds is 4. The summed E-state index contributed by atoms with van der Waals surface area (Å²) in [5.74, 6) is -0.915. The summed E-state index contributed by atoms with van der Waals surface area (Å²) in [4.78, 5) is 4.29. The van der Waals surface area contributed by atoms with Gasteiger partial charge in [0.05, 0.1) is 22.6 Å². The van der Waals surface area contributed by atoms with Gasteiger partial charge in [0, 0.05) is 26.4 Å². The summed E-state index contributed by atoms with van der Waals surface area (Å²) in [5, 5.41) is 32.2. The maximum Gasteiger partial charge on any atom is 0.219 e. The Morgan fingerprint density at radius 2 is 1.80 bits per heavy atom. The number of hydrogen-bond acceptors (Lipinski definition) is 7. The van der Waals surface area contributed by atoms with E-state index < -0.39 is 38.5 Å². The Morgan fingerprint density at radius 1 is 1.14 bits per heavy atom. The van der Waals surface area contributed by atoms with Crippen LogP contribution in [0.3, 0.4) is 0 Å². The molecule has 0 saturated heterocycles. The largest absolute Gasteiger partial charge is 0.476 e. The van der Waals surface area contributed by atoms with E-state index in [0.29, 0.717) is 16.7 Å². The minimum atomic E-state index is -4.14. The first-order valence-corrected chi connectivity index (χ1v) is 12.7. The lowest BCUT2D eigenvalue weighted by molar-refractivity contribution is -0.150. The van der Waals surface area contributed by atoms with Crippen molar-refractivity contribution >= 4 is 21.6 Å². The number of nitriles is 1. The third-order valence-corrected chi connectivity index (χ3v) is 9.42. The van der Waals surface area contributed by atoms with Crippen LogP contribution in [-0.4, -0.2) is 53.4 Å². The highest BCUT2D eigenvalue weighted by Gasteiger charge is 2.79. The molecule has 1 fully saturated rings. The molecule has 1 aromatic heterocycles. The monoisotopic (exact) mass is 511 g/mol. The van der Waals surface area contributed by atoms with E-state index in [4.69, 9.17) is 16.3 Å². The molecule has 0 bridgehead atoms. The average Bonchev–Trinajstić information content (AvgIpc) is 3.22. The lowest BCUT2D eigenvalue weighted by Gasteiger charge is -2.40. The van der Waals surface area contributed by atoms with Crippen LogP contribution in [0.5, 0.6) is 5.75 Å². The number of ether oxygens (including phenoxy) is 1. The number of aliphatic hydroxyl groups is 2. The Balaban J connectivity index is 1.90. The van der Waals surface area contributed by atoms with E-state index in [1.54, 1.807) is 54.6 Å². The predicted octanol–water partition coefficient (Wildman–Crippen LogP) is 2.50. The molecule has 0 spiro atoms. The molecule has 180 valence electrons. The minimum absolute atomic E-state index is 0.00357. The Bertz CT molecular complexity index is 1440. The van der Waals surface area contributed by atoms with E-state index >= 15 is 0 Å². The fraction of sp³-hybridized carbons (Fsp3) is 0.280. The van der Waals surface area contributed by atoms with Crippen molar-refractivity contribution in [1.82, 2.24) is 9.29 Å². The zero-order chi connectivity index (χ0) is 25.2. The number of aromatic nitrogens is 1. The fourth-order valence-electron chi connectivity index (χ4n) is 5.44. The quantitative estimate of drug-likeness (QED) is 0.551. The summed E-state index contributed by atoms with van der Waals surface area (Å²) < 4.78 is 34.8. The van der Waals surface area contributed by atoms with E-state index in [1.807, 2.05) is 0 Å². The zero-order valence-corrected chi connectivity index (χ0v) is 20.4. The third kappa shape index (κ3) is 3.08. The molecule has 2 aliphatic rings. The van der Waals surface area contributed by atoms with Crippen molar-refractivity contribution in [2.45, 2.75) is 28.5 Å². The van der Waals surface area contributed by atoms with Crippen LogP contribution in [0.2, 0.25) is 5.02 Å². The first kappa shape index (κ1) is 23.7. The lowest BCUT2D eigenvalue weighted by Crippen LogP contribution is -2.52. The molecule has 1 saturated carbocycles. The van der Waals surface area contributed by atoms with Gasteiger partial charge in [0.1, 0.15) is 22.8 Å². The van der Waals surface area contributed by atoms with Crippen LogP contribution in [0.15, 0.2) is 66.9 Å². The van der Waals surface area contributed by atoms with E-state index in [-0.39, 0.29) is 16.5 Å². The minimum Gasteiger partial charge on any atom is -0.476 e. The van der Waals surface area contributed by atoms with E-state index in [0.717, 1.165) is 4.31 Å². The highest BCUT2D eigenvalue weighted by atomic mass is 35.5. The number of aliphatic hydroxyl groups excluding tert-OH is 1. The molecule has 5 atom stereocenters. The van der Waals surface area contributed by atoms with Crippen molar-refractivity contribution in [2.75, 3.05) is 14.1 Å². The molecule has 2 N–H and O–H groups in total. The highest BCUT2D eigenvalue weighted by molar-refractivity contribution is 7.89. The molecule has 2 heterocycles. The van der Waals surface area contributed by atoms with Gasteiger partial charge in [0.25, 0.3) is 0 Å². The standard InChI is InChI=1S/C25H22ClN3O5S/c1-29(2)35(32,33)21-20(16-6-4-3-5-7-16)25(17-10-8-15(13-27)9-11-17)24(31,23(21)30)22-19(34-25)12-18(26)14-28-22/h3-12,14,20-21,23,30-31H,1-2H3/t20-,21-,23-,24?,25+/m1/s1. The number of pyridine rings is 1. The third-order valence-electron chi connectivity index (χ3n) is 6.98. The molecule has 8 nitrogen and oxygen atoms in total. The van der Waals surface area contributed by atoms with Crippen molar-refractivity contribution < 1.29 is 23.4 Å². The van der Waals surface area contributed by atoms with Gasteiger partial charge < -0.3 is 14.9 Å². The number of hydrogen-bond donors (Lipinski definition) is 2. The summed E-state index contributed by atoms with van der Waals surface area (Å²) in [7, 11) is -1.38. The molecular formula is C25H22ClN3O5S. The van der Waals surface area contributed by atoms with Gasteiger partial charge >= 0.3 is 0 Å². The molecular weight excluding hydrogens is 490 g/mol. The Morgan fingerprint density at radius 3 is 2.40 bits per heavy atom. The van der Waals surface area contributed by atoms with Gasteiger partial charge in [-0.15, -0.1) is 0 Å². The van der Waals surface area contributed by atoms with E-state index in [2.05, 4.69) is 11.1 Å². The maximum atomic E-state index is 13.7. The SMILES string of the molecule is CN(C)S(=O)(=O)[C@H]1[C@@H](O)C2(O)c3ncc(Cl)cc3O[C@@]2(c2ccc(C#N)cc2)[C@@H]1c1ccccc1. The van der Waals surface area contributed by atoms with Gasteiger partial charge in [0.2, 0.25) is 10.0 Å². The van der Waals surface area contributed by atoms with Gasteiger partial charge in [-0.1, -0.05) is 54.1 Å². The molecule has 35 heavy (non-hydrogen) atoms. The number of sulfonamides is 1. The first-order chi connectivity index (χ1) is 16.6. The van der Waals surface area contributed by atoms with Crippen molar-refractivity contribution in [3.63, 3.8) is 0 Å². The van der Waals surface area contributed by atoms with Crippen LogP contribution < -0.4 is 4.74 Å². The number of benzene rings is 2. The summed E-state index contributed by atoms with van der Waals surface area (Å²) in [5.41, 5.74) is -2.75. The second-order valence-corrected chi connectivity index (χ2v) is 11.7. The molecule has 5 rings (SSSR count). The maximum absolute atomic E-state index is 13.7. The summed E-state index contributed by atoms with van der Waals surface area (Å²) in [6.45, 7) is 0. The van der Waals surface area contributed by atoms with Gasteiger partial charge in [-0.3, -0.25) is 4.98 Å². The highest BCUT2D eigenvalue weighted by Crippen LogP contribution is 2.67. The Hall–Kier alpha value is -3.00. The number of nitrogens with zero attached hydrogens (tertiary/aromatic N) is 3. The van der Waals surface area contributed by atoms with Crippen molar-refractivity contribution in [3.05, 3.63) is 94.3 Å². The first-order valence-electron chi connectivity index (χ1n) is 10.8. The van der Waals surface area contributed by atoms with Crippen molar-refractivity contribution in [3.8, 4) is 11.8 Å². The van der Waals surface area contributed by atoms with Crippen LogP contribution in [0.4, 0.5) is 0 Å². The second-order valence-electron chi connectivity index (χ2n) is 8.92. The fourth-order valence-corrected chi connectivity index (χ4v) is 7.29. The molecule has 2 aromatic carbocycles. The van der Waals surface area contributed by atoms with Crippen molar-refractivity contribution in [2.24, 2.45) is 0 Å². The van der Waals surface area contributed by atoms with Crippen LogP contribution >= 0.6 is 11.6 Å². The lowest BCUT2D eigenvalue weighted by atomic mass is 9.72. The molecule has 3 aromatic rings. The summed E-state index contributed by atoms with van der Waals surface area (Å²) in [6, 6.07) is 18.6. The normalized spacial score (nSPS) is 29.3. The molecule has 10 heteroatoms. The topological polar surface area (TPSA) is 124 Å². The smallest absolute Gasteiger partial charge is 0.219 e. The average molecular weight is 512 g/mol. The zero-order valence-electron chi connectivity index (χ0n) is 18.8. The van der Waals surface area contributed by atoms with Crippen LogP contribution in [0.1, 0.15) is 28.3 Å². The number of fused-ring (bicyclic) bond motifs is 3. The van der Waals surface area contributed by atoms with Crippen molar-refractivity contribution in [1.29, 1.82) is 5.26 Å². The Labute approximate surface area is 208 Å². The second kappa shape index (κ2) is 8.01. The predicted molar refractivity (Wildman–Crippen MR) is 128 cm³/mol. The number of halogens is 1. The Kier molecular flexibility index (Phi) is 5.43. The molecule has 1 aliphatic heterocycles. The van der Waals surface area contributed by atoms with E-state index in [9.17, 15) is 23.9 Å². The summed E-state index contributed by atoms with van der Waals surface area (Å²) >= 11 is 6.16. The van der Waals surface area contributed by atoms with E-state index in [1.165, 1.54) is 26.4 Å². The van der Waals surface area contributed by atoms with Gasteiger partial charge in [-0.25, -0.2) is 12.7 Å². The van der Waals surface area contributed by atoms with Crippen LogP contribution in [-0.2, 0) is 21.2 Å². The van der Waals surface area contributed by atoms with Crippen LogP contribution in [0, 0.1) is 11.3 Å². The molecule has 1 unspecified atom stereocenters. The molecule has 1 aliphatic carbocycles.